The summed E-state index contributed by atoms with van der Waals surface area (Å²) in [6.45, 7) is 1.31. The monoisotopic (exact) mass is 198 g/mol. The number of hydrogen-bond acceptors (Lipinski definition) is 4. The molecule has 0 aliphatic rings. The fourth-order valence-corrected chi connectivity index (χ4v) is 0.876. The van der Waals surface area contributed by atoms with E-state index in [2.05, 4.69) is 15.5 Å². The van der Waals surface area contributed by atoms with Gasteiger partial charge in [-0.05, 0) is 6.07 Å². The van der Waals surface area contributed by atoms with Crippen LogP contribution >= 0.6 is 0 Å². The second kappa shape index (κ2) is 6.11. The molecule has 0 aliphatic heterocycles. The van der Waals surface area contributed by atoms with Gasteiger partial charge in [-0.15, -0.1) is 0 Å². The smallest absolute Gasteiger partial charge is 0.246 e. The molecule has 0 saturated heterocycles. The summed E-state index contributed by atoms with van der Waals surface area (Å²) in [5.74, 6) is -0.159. The van der Waals surface area contributed by atoms with Gasteiger partial charge in [-0.2, -0.15) is 5.10 Å². The van der Waals surface area contributed by atoms with E-state index in [9.17, 15) is 4.79 Å². The number of H-pyrrole nitrogens is 1. The molecule has 1 rings (SSSR count). The lowest BCUT2D eigenvalue weighted by atomic mass is 10.4. The van der Waals surface area contributed by atoms with Crippen LogP contribution in [0.2, 0.25) is 0 Å². The van der Waals surface area contributed by atoms with Gasteiger partial charge >= 0.3 is 0 Å². The van der Waals surface area contributed by atoms with Gasteiger partial charge in [0.2, 0.25) is 5.91 Å². The number of rotatable bonds is 6. The first-order valence-corrected chi connectivity index (χ1v) is 4.35. The fourth-order valence-electron chi connectivity index (χ4n) is 0.876. The Bertz CT molecular complexity index is 260. The SMILES string of the molecule is NCCOCC(=O)NCc1ccn[nH]1. The molecule has 1 heterocycles. The minimum absolute atomic E-state index is 0.0470. The zero-order valence-corrected chi connectivity index (χ0v) is 7.82. The molecule has 0 aromatic carbocycles. The summed E-state index contributed by atoms with van der Waals surface area (Å²) in [7, 11) is 0. The van der Waals surface area contributed by atoms with Crippen LogP contribution in [0.5, 0.6) is 0 Å². The second-order valence-electron chi connectivity index (χ2n) is 2.70. The molecule has 0 aliphatic carbocycles. The van der Waals surface area contributed by atoms with Gasteiger partial charge in [-0.3, -0.25) is 9.89 Å². The van der Waals surface area contributed by atoms with Crippen LogP contribution in [0.15, 0.2) is 12.3 Å². The first-order chi connectivity index (χ1) is 6.83. The highest BCUT2D eigenvalue weighted by atomic mass is 16.5. The molecule has 78 valence electrons. The highest BCUT2D eigenvalue weighted by Gasteiger charge is 2.00. The quantitative estimate of drug-likeness (QED) is 0.511. The Morgan fingerprint density at radius 2 is 2.57 bits per heavy atom. The van der Waals surface area contributed by atoms with Crippen molar-refractivity contribution < 1.29 is 9.53 Å². The summed E-state index contributed by atoms with van der Waals surface area (Å²) in [6.07, 6.45) is 1.63. The summed E-state index contributed by atoms with van der Waals surface area (Å²) < 4.78 is 4.95. The van der Waals surface area contributed by atoms with Crippen LogP contribution in [0, 0.1) is 0 Å². The average molecular weight is 198 g/mol. The van der Waals surface area contributed by atoms with E-state index in [4.69, 9.17) is 10.5 Å². The third-order valence-electron chi connectivity index (χ3n) is 1.53. The number of hydrogen-bond donors (Lipinski definition) is 3. The van der Waals surface area contributed by atoms with E-state index in [-0.39, 0.29) is 12.5 Å². The number of nitrogens with one attached hydrogen (secondary N) is 2. The zero-order valence-electron chi connectivity index (χ0n) is 7.82. The molecule has 4 N–H and O–H groups in total. The van der Waals surface area contributed by atoms with E-state index in [1.807, 2.05) is 0 Å². The number of aromatic amines is 1. The summed E-state index contributed by atoms with van der Waals surface area (Å²) in [6, 6.07) is 1.79. The normalized spacial score (nSPS) is 10.1. The van der Waals surface area contributed by atoms with Crippen LogP contribution in [0.25, 0.3) is 0 Å². The number of nitrogens with two attached hydrogens (primary N) is 1. The van der Waals surface area contributed by atoms with Gasteiger partial charge in [0.15, 0.2) is 0 Å². The van der Waals surface area contributed by atoms with Gasteiger partial charge in [0.1, 0.15) is 6.61 Å². The second-order valence-corrected chi connectivity index (χ2v) is 2.70. The average Bonchev–Trinajstić information content (AvgIpc) is 2.68. The molecule has 0 unspecified atom stereocenters. The van der Waals surface area contributed by atoms with Crippen molar-refractivity contribution in [2.24, 2.45) is 5.73 Å². The van der Waals surface area contributed by atoms with Crippen molar-refractivity contribution in [1.82, 2.24) is 15.5 Å². The summed E-state index contributed by atoms with van der Waals surface area (Å²) >= 11 is 0. The third kappa shape index (κ3) is 4.01. The predicted octanol–water partition coefficient (Wildman–Crippen LogP) is -0.999. The van der Waals surface area contributed by atoms with Crippen molar-refractivity contribution in [1.29, 1.82) is 0 Å². The molecule has 1 amide bonds. The Kier molecular flexibility index (Phi) is 4.66. The number of carbonyl (C=O) groups is 1. The lowest BCUT2D eigenvalue weighted by Crippen LogP contribution is -2.28. The van der Waals surface area contributed by atoms with Crippen LogP contribution in [0.4, 0.5) is 0 Å². The predicted molar refractivity (Wildman–Crippen MR) is 50.3 cm³/mol. The maximum atomic E-state index is 11.1. The highest BCUT2D eigenvalue weighted by Crippen LogP contribution is 1.89. The van der Waals surface area contributed by atoms with Crippen LogP contribution in [0.1, 0.15) is 5.69 Å². The first kappa shape index (κ1) is 10.7. The molecule has 0 spiro atoms. The van der Waals surface area contributed by atoms with E-state index in [1.54, 1.807) is 12.3 Å². The van der Waals surface area contributed by atoms with Crippen molar-refractivity contribution in [2.75, 3.05) is 19.8 Å². The van der Waals surface area contributed by atoms with Crippen molar-refractivity contribution in [3.63, 3.8) is 0 Å². The largest absolute Gasteiger partial charge is 0.370 e. The minimum atomic E-state index is -0.159. The Labute approximate surface area is 81.8 Å². The highest BCUT2D eigenvalue weighted by molar-refractivity contribution is 5.77. The standard InChI is InChI=1S/C8H14N4O2/c9-2-4-14-6-8(13)10-5-7-1-3-11-12-7/h1,3H,2,4-6,9H2,(H,10,13)(H,11,12). The van der Waals surface area contributed by atoms with Crippen LogP contribution < -0.4 is 11.1 Å². The lowest BCUT2D eigenvalue weighted by Gasteiger charge is -2.03. The van der Waals surface area contributed by atoms with Crippen LogP contribution in [-0.2, 0) is 16.1 Å². The molecule has 0 atom stereocenters. The van der Waals surface area contributed by atoms with Crippen molar-refractivity contribution in [3.8, 4) is 0 Å². The first-order valence-electron chi connectivity index (χ1n) is 4.35. The van der Waals surface area contributed by atoms with E-state index in [0.717, 1.165) is 5.69 Å². The Balaban J connectivity index is 2.09. The molecule has 6 nitrogen and oxygen atoms in total. The van der Waals surface area contributed by atoms with Crippen LogP contribution in [-0.4, -0.2) is 35.9 Å². The molecule has 0 fully saturated rings. The fraction of sp³-hybridized carbons (Fsp3) is 0.500. The zero-order chi connectivity index (χ0) is 10.2. The minimum Gasteiger partial charge on any atom is -0.370 e. The van der Waals surface area contributed by atoms with Crippen molar-refractivity contribution in [3.05, 3.63) is 18.0 Å². The Morgan fingerprint density at radius 1 is 1.71 bits per heavy atom. The summed E-state index contributed by atoms with van der Waals surface area (Å²) in [4.78, 5) is 11.1. The van der Waals surface area contributed by atoms with Crippen LogP contribution in [0.3, 0.4) is 0 Å². The number of aromatic nitrogens is 2. The molecule has 0 radical (unpaired) electrons. The van der Waals surface area contributed by atoms with Crippen molar-refractivity contribution >= 4 is 5.91 Å². The Morgan fingerprint density at radius 3 is 3.21 bits per heavy atom. The van der Waals surface area contributed by atoms with Gasteiger partial charge in [0.25, 0.3) is 0 Å². The van der Waals surface area contributed by atoms with Gasteiger partial charge in [-0.1, -0.05) is 0 Å². The number of carbonyl (C=O) groups excluding carboxylic acids is 1. The van der Waals surface area contributed by atoms with Gasteiger partial charge in [0, 0.05) is 12.7 Å². The summed E-state index contributed by atoms with van der Waals surface area (Å²) in [5, 5.41) is 9.15. The maximum absolute atomic E-state index is 11.1. The van der Waals surface area contributed by atoms with E-state index < -0.39 is 0 Å². The topological polar surface area (TPSA) is 93.0 Å². The third-order valence-corrected chi connectivity index (χ3v) is 1.53. The van der Waals surface area contributed by atoms with Crippen molar-refractivity contribution in [2.45, 2.75) is 6.54 Å². The number of nitrogens with zero attached hydrogens (tertiary/aromatic N) is 1. The molecule has 6 heteroatoms. The molecular weight excluding hydrogens is 184 g/mol. The van der Waals surface area contributed by atoms with Gasteiger partial charge in [0.05, 0.1) is 18.8 Å². The maximum Gasteiger partial charge on any atom is 0.246 e. The van der Waals surface area contributed by atoms with E-state index in [0.29, 0.717) is 19.7 Å². The molecule has 14 heavy (non-hydrogen) atoms. The Hall–Kier alpha value is -1.40. The number of amides is 1. The summed E-state index contributed by atoms with van der Waals surface area (Å²) in [5.41, 5.74) is 6.05. The molecule has 1 aromatic heterocycles. The lowest BCUT2D eigenvalue weighted by molar-refractivity contribution is -0.125. The molecule has 1 aromatic rings. The van der Waals surface area contributed by atoms with E-state index >= 15 is 0 Å². The van der Waals surface area contributed by atoms with E-state index in [1.165, 1.54) is 0 Å². The molecule has 0 bridgehead atoms. The molecular formula is C8H14N4O2. The number of ether oxygens (including phenoxy) is 1. The molecule has 0 saturated carbocycles. The van der Waals surface area contributed by atoms with Gasteiger partial charge < -0.3 is 15.8 Å². The van der Waals surface area contributed by atoms with Gasteiger partial charge in [-0.25, -0.2) is 0 Å².